The van der Waals surface area contributed by atoms with Crippen molar-refractivity contribution < 1.29 is 39.1 Å². The lowest BCUT2D eigenvalue weighted by molar-refractivity contribution is -0.384. The molecule has 0 radical (unpaired) electrons. The Morgan fingerprint density at radius 3 is 2.46 bits per heavy atom. The van der Waals surface area contributed by atoms with Crippen molar-refractivity contribution >= 4 is 41.3 Å². The Bertz CT molecular complexity index is 1250. The van der Waals surface area contributed by atoms with Crippen LogP contribution in [0.25, 0.3) is 0 Å². The zero-order chi connectivity index (χ0) is 28.8. The van der Waals surface area contributed by atoms with E-state index in [2.05, 4.69) is 0 Å². The molecule has 3 amide bonds. The lowest BCUT2D eigenvalue weighted by Gasteiger charge is -2.56. The molecule has 1 aromatic rings. The predicted octanol–water partition coefficient (Wildman–Crippen LogP) is 1.65. The molecule has 4 rings (SSSR count). The SMILES string of the molecule is CC(O)[C@H]1C(=O)N2C(C(=O)O)=C(S[C@H]3CCN(C(=O)OCc4ccc([N+](=O)[O-])cc4)C3)[C@H](C)C12C(=O)N(C)C. The number of aliphatic hydroxyl groups excluding tert-OH is 1. The van der Waals surface area contributed by atoms with E-state index in [-0.39, 0.29) is 29.8 Å². The summed E-state index contributed by atoms with van der Waals surface area (Å²) in [5.41, 5.74) is -1.27. The number of non-ortho nitro benzene ring substituents is 1. The molecule has 2 fully saturated rings. The second kappa shape index (κ2) is 10.5. The first-order valence-corrected chi connectivity index (χ1v) is 13.2. The summed E-state index contributed by atoms with van der Waals surface area (Å²) >= 11 is 1.23. The van der Waals surface area contributed by atoms with Gasteiger partial charge in [0.05, 0.1) is 16.9 Å². The number of rotatable bonds is 8. The lowest BCUT2D eigenvalue weighted by atomic mass is 9.65. The van der Waals surface area contributed by atoms with Crippen LogP contribution in [0, 0.1) is 22.0 Å². The van der Waals surface area contributed by atoms with E-state index in [9.17, 15) is 39.5 Å². The number of fused-ring (bicyclic) bond motifs is 1. The van der Waals surface area contributed by atoms with Gasteiger partial charge >= 0.3 is 12.1 Å². The maximum atomic E-state index is 13.4. The van der Waals surface area contributed by atoms with E-state index in [1.54, 1.807) is 6.92 Å². The number of β-lactam (4-membered cyclic amide) rings is 1. The third-order valence-corrected chi connectivity index (χ3v) is 9.00. The van der Waals surface area contributed by atoms with Gasteiger partial charge in [-0.3, -0.25) is 24.6 Å². The van der Waals surface area contributed by atoms with Crippen LogP contribution in [0.3, 0.4) is 0 Å². The van der Waals surface area contributed by atoms with Gasteiger partial charge in [0.15, 0.2) is 0 Å². The van der Waals surface area contributed by atoms with Gasteiger partial charge in [0.25, 0.3) is 5.69 Å². The molecule has 0 spiro atoms. The molecule has 2 N–H and O–H groups in total. The maximum absolute atomic E-state index is 13.4. The number of nitro benzene ring substituents is 1. The number of carboxylic acid groups (broad SMARTS) is 1. The molecule has 3 aliphatic heterocycles. The minimum absolute atomic E-state index is 0.0660. The second-order valence-corrected chi connectivity index (χ2v) is 11.5. The third kappa shape index (κ3) is 4.61. The fourth-order valence-electron chi connectivity index (χ4n) is 5.68. The monoisotopic (exact) mass is 562 g/mol. The van der Waals surface area contributed by atoms with E-state index in [0.29, 0.717) is 23.4 Å². The summed E-state index contributed by atoms with van der Waals surface area (Å²) in [7, 11) is 3.04. The number of amides is 3. The molecule has 5 atom stereocenters. The largest absolute Gasteiger partial charge is 0.477 e. The zero-order valence-corrected chi connectivity index (χ0v) is 22.7. The topological polar surface area (TPSA) is 171 Å². The van der Waals surface area contributed by atoms with Crippen LogP contribution in [0.2, 0.25) is 0 Å². The number of aliphatic hydroxyl groups is 1. The molecule has 3 aliphatic rings. The van der Waals surface area contributed by atoms with Crippen LogP contribution < -0.4 is 0 Å². The van der Waals surface area contributed by atoms with Crippen molar-refractivity contribution in [2.24, 2.45) is 11.8 Å². The van der Waals surface area contributed by atoms with Gasteiger partial charge in [0.2, 0.25) is 11.8 Å². The summed E-state index contributed by atoms with van der Waals surface area (Å²) in [4.78, 5) is 65.9. The number of hydrogen-bond donors (Lipinski definition) is 2. The van der Waals surface area contributed by atoms with Gasteiger partial charge in [0, 0.05) is 55.4 Å². The minimum atomic E-state index is -1.53. The third-order valence-electron chi connectivity index (χ3n) is 7.48. The molecule has 0 aromatic heterocycles. The first kappa shape index (κ1) is 28.4. The Labute approximate surface area is 228 Å². The molecule has 14 heteroatoms. The molecule has 0 bridgehead atoms. The molecule has 3 heterocycles. The van der Waals surface area contributed by atoms with Gasteiger partial charge in [-0.2, -0.15) is 0 Å². The highest BCUT2D eigenvalue weighted by Crippen LogP contribution is 2.59. The van der Waals surface area contributed by atoms with Crippen molar-refractivity contribution in [1.82, 2.24) is 14.7 Å². The Hall–Kier alpha value is -3.65. The molecule has 2 unspecified atom stereocenters. The van der Waals surface area contributed by atoms with E-state index >= 15 is 0 Å². The van der Waals surface area contributed by atoms with Crippen LogP contribution in [0.4, 0.5) is 10.5 Å². The molecule has 39 heavy (non-hydrogen) atoms. The number of nitrogens with zero attached hydrogens (tertiary/aromatic N) is 4. The molecule has 0 aliphatic carbocycles. The van der Waals surface area contributed by atoms with Gasteiger partial charge < -0.3 is 24.7 Å². The highest BCUT2D eigenvalue weighted by atomic mass is 32.2. The van der Waals surface area contributed by atoms with E-state index in [4.69, 9.17) is 4.74 Å². The van der Waals surface area contributed by atoms with Crippen LogP contribution >= 0.6 is 11.8 Å². The molecule has 210 valence electrons. The number of likely N-dealkylation sites (N-methyl/N-ethyl adjacent to an activating group) is 1. The Morgan fingerprint density at radius 1 is 1.28 bits per heavy atom. The summed E-state index contributed by atoms with van der Waals surface area (Å²) in [5.74, 6) is -4.18. The van der Waals surface area contributed by atoms with E-state index in [1.165, 1.54) is 66.8 Å². The fraction of sp³-hybridized carbons (Fsp3) is 0.520. The number of aliphatic carboxylic acids is 1. The summed E-state index contributed by atoms with van der Waals surface area (Å²) in [5, 5.41) is 31.0. The number of benzene rings is 1. The Kier molecular flexibility index (Phi) is 7.63. The first-order valence-electron chi connectivity index (χ1n) is 12.3. The molecular weight excluding hydrogens is 532 g/mol. The van der Waals surface area contributed by atoms with Crippen molar-refractivity contribution in [1.29, 1.82) is 0 Å². The van der Waals surface area contributed by atoms with Crippen LogP contribution in [-0.4, -0.2) is 97.8 Å². The number of carboxylic acids is 1. The quantitative estimate of drug-likeness (QED) is 0.270. The van der Waals surface area contributed by atoms with E-state index < -0.39 is 52.3 Å². The number of ether oxygens (including phenoxy) is 1. The van der Waals surface area contributed by atoms with Crippen molar-refractivity contribution in [3.63, 3.8) is 0 Å². The smallest absolute Gasteiger partial charge is 0.410 e. The molecular formula is C25H30N4O9S. The summed E-state index contributed by atoms with van der Waals surface area (Å²) in [6.45, 7) is 3.67. The van der Waals surface area contributed by atoms with Crippen molar-refractivity contribution in [3.05, 3.63) is 50.5 Å². The number of nitro groups is 1. The van der Waals surface area contributed by atoms with Crippen LogP contribution in [-0.2, 0) is 25.7 Å². The highest BCUT2D eigenvalue weighted by Gasteiger charge is 2.75. The number of hydrogen-bond acceptors (Lipinski definition) is 9. The second-order valence-electron chi connectivity index (χ2n) is 10.1. The van der Waals surface area contributed by atoms with Crippen LogP contribution in [0.15, 0.2) is 34.9 Å². The maximum Gasteiger partial charge on any atom is 0.410 e. The normalized spacial score (nSPS) is 26.7. The standard InChI is InChI=1S/C25H30N4O9S/c1-13-20(19(22(32)33)28-21(31)18(14(2)30)25(13,28)23(34)26(3)4)39-17-9-10-27(11-17)24(35)38-12-15-5-7-16(8-6-15)29(36)37/h5-8,13-14,17-18,30H,9-12H2,1-4H3,(H,32,33)/t13-,14?,17-,18-,25?/m0/s1. The minimum Gasteiger partial charge on any atom is -0.477 e. The summed E-state index contributed by atoms with van der Waals surface area (Å²) in [6, 6.07) is 5.66. The molecule has 2 saturated heterocycles. The average Bonchev–Trinajstić information content (AvgIpc) is 3.42. The fourth-order valence-corrected chi connectivity index (χ4v) is 7.19. The molecule has 0 saturated carbocycles. The highest BCUT2D eigenvalue weighted by molar-refractivity contribution is 8.03. The first-order chi connectivity index (χ1) is 18.3. The average molecular weight is 563 g/mol. The van der Waals surface area contributed by atoms with Crippen molar-refractivity contribution in [2.75, 3.05) is 27.2 Å². The zero-order valence-electron chi connectivity index (χ0n) is 21.9. The number of carbonyl (C=O) groups is 4. The van der Waals surface area contributed by atoms with Crippen LogP contribution in [0.5, 0.6) is 0 Å². The van der Waals surface area contributed by atoms with Crippen LogP contribution in [0.1, 0.15) is 25.8 Å². The van der Waals surface area contributed by atoms with Gasteiger partial charge in [-0.25, -0.2) is 9.59 Å². The molecule has 1 aromatic carbocycles. The van der Waals surface area contributed by atoms with E-state index in [1.807, 2.05) is 0 Å². The number of likely N-dealkylation sites (tertiary alicyclic amines) is 1. The van der Waals surface area contributed by atoms with Crippen molar-refractivity contribution in [2.45, 2.75) is 43.8 Å². The summed E-state index contributed by atoms with van der Waals surface area (Å²) in [6.07, 6.45) is -1.20. The summed E-state index contributed by atoms with van der Waals surface area (Å²) < 4.78 is 5.35. The molecule has 13 nitrogen and oxygen atoms in total. The Morgan fingerprint density at radius 2 is 1.92 bits per heavy atom. The van der Waals surface area contributed by atoms with E-state index in [0.717, 1.165) is 4.90 Å². The van der Waals surface area contributed by atoms with Gasteiger partial charge in [-0.05, 0) is 31.0 Å². The van der Waals surface area contributed by atoms with Gasteiger partial charge in [-0.15, -0.1) is 11.8 Å². The Balaban J connectivity index is 1.48. The van der Waals surface area contributed by atoms with Gasteiger partial charge in [0.1, 0.15) is 17.8 Å². The predicted molar refractivity (Wildman–Crippen MR) is 138 cm³/mol. The van der Waals surface area contributed by atoms with Gasteiger partial charge in [-0.1, -0.05) is 6.92 Å². The lowest BCUT2D eigenvalue weighted by Crippen LogP contribution is -2.78. The van der Waals surface area contributed by atoms with Crippen molar-refractivity contribution in [3.8, 4) is 0 Å². The number of thioether (sulfide) groups is 1. The number of carbonyl (C=O) groups excluding carboxylic acids is 3.